The Hall–Kier alpha value is -3.19. The van der Waals surface area contributed by atoms with Crippen molar-refractivity contribution < 1.29 is 14.6 Å². The number of nitrogens with zero attached hydrogens (tertiary/aromatic N) is 2. The number of methoxy groups -OCH3 is 1. The average molecular weight is 351 g/mol. The van der Waals surface area contributed by atoms with Crippen LogP contribution in [0.2, 0.25) is 0 Å². The molecule has 0 aliphatic carbocycles. The summed E-state index contributed by atoms with van der Waals surface area (Å²) in [7, 11) is 1.59. The molecule has 0 radical (unpaired) electrons. The van der Waals surface area contributed by atoms with Crippen LogP contribution in [0.15, 0.2) is 53.5 Å². The molecule has 7 heteroatoms. The summed E-state index contributed by atoms with van der Waals surface area (Å²) in [6, 6.07) is 14.6. The minimum atomic E-state index is -0.368. The van der Waals surface area contributed by atoms with E-state index in [0.29, 0.717) is 31.9 Å². The van der Waals surface area contributed by atoms with Crippen molar-refractivity contribution in [1.82, 2.24) is 4.98 Å². The fraction of sp³-hybridized carbons (Fsp3) is 0.0556. The van der Waals surface area contributed by atoms with E-state index in [2.05, 4.69) is 15.3 Å². The molecule has 1 amide bonds. The smallest absolute Gasteiger partial charge is 0.279 e. The van der Waals surface area contributed by atoms with Crippen LogP contribution in [0.25, 0.3) is 5.57 Å². The number of nitrogens with one attached hydrogen (secondary N) is 1. The van der Waals surface area contributed by atoms with Gasteiger partial charge < -0.3 is 15.2 Å². The summed E-state index contributed by atoms with van der Waals surface area (Å²) in [4.78, 5) is 20.8. The third kappa shape index (κ3) is 2.74. The van der Waals surface area contributed by atoms with E-state index >= 15 is 0 Å². The summed E-state index contributed by atoms with van der Waals surface area (Å²) >= 11 is 1.20. The molecule has 0 bridgehead atoms. The van der Waals surface area contributed by atoms with Crippen molar-refractivity contribution >= 4 is 33.6 Å². The number of para-hydroxylation sites is 1. The Morgan fingerprint density at radius 3 is 2.84 bits per heavy atom. The molecular weight excluding hydrogens is 338 g/mol. The van der Waals surface area contributed by atoms with Gasteiger partial charge in [-0.2, -0.15) is 4.98 Å². The highest BCUT2D eigenvalue weighted by atomic mass is 32.1. The SMILES string of the molecule is COc1cccc(Nc2nc(O)c(C3=c4ccccc4=NC3=O)s2)c1. The van der Waals surface area contributed by atoms with Crippen molar-refractivity contribution in [2.45, 2.75) is 0 Å². The van der Waals surface area contributed by atoms with Gasteiger partial charge in [-0.1, -0.05) is 35.6 Å². The maximum absolute atomic E-state index is 12.3. The number of carbonyl (C=O) groups excluding carboxylic acids is 1. The maximum atomic E-state index is 12.3. The highest BCUT2D eigenvalue weighted by molar-refractivity contribution is 7.17. The molecule has 0 unspecified atom stereocenters. The lowest BCUT2D eigenvalue weighted by Crippen LogP contribution is -2.22. The van der Waals surface area contributed by atoms with Crippen LogP contribution in [0, 0.1) is 0 Å². The van der Waals surface area contributed by atoms with Crippen molar-refractivity contribution in [2.24, 2.45) is 4.99 Å². The van der Waals surface area contributed by atoms with E-state index in [1.807, 2.05) is 42.5 Å². The number of anilines is 2. The normalized spacial score (nSPS) is 12.7. The Morgan fingerprint density at radius 2 is 2.00 bits per heavy atom. The van der Waals surface area contributed by atoms with Gasteiger partial charge in [-0.25, -0.2) is 4.99 Å². The Morgan fingerprint density at radius 1 is 1.16 bits per heavy atom. The van der Waals surface area contributed by atoms with Crippen LogP contribution in [-0.4, -0.2) is 23.1 Å². The number of hydrogen-bond acceptors (Lipinski definition) is 6. The predicted octanol–water partition coefficient (Wildman–Crippen LogP) is 1.96. The van der Waals surface area contributed by atoms with Gasteiger partial charge in [-0.3, -0.25) is 4.79 Å². The quantitative estimate of drug-likeness (QED) is 0.751. The van der Waals surface area contributed by atoms with Crippen molar-refractivity contribution in [1.29, 1.82) is 0 Å². The molecule has 2 N–H and O–H groups in total. The van der Waals surface area contributed by atoms with Crippen LogP contribution >= 0.6 is 11.3 Å². The monoisotopic (exact) mass is 351 g/mol. The molecule has 124 valence electrons. The molecule has 1 aliphatic rings. The maximum Gasteiger partial charge on any atom is 0.279 e. The fourth-order valence-corrected chi connectivity index (χ4v) is 3.57. The zero-order valence-electron chi connectivity index (χ0n) is 13.2. The molecule has 0 saturated heterocycles. The highest BCUT2D eigenvalue weighted by Crippen LogP contribution is 2.35. The van der Waals surface area contributed by atoms with Gasteiger partial charge in [0.25, 0.3) is 5.91 Å². The van der Waals surface area contributed by atoms with Crippen LogP contribution < -0.4 is 20.6 Å². The van der Waals surface area contributed by atoms with Crippen LogP contribution in [0.3, 0.4) is 0 Å². The number of hydrogen-bond donors (Lipinski definition) is 2. The summed E-state index contributed by atoms with van der Waals surface area (Å²) in [5.41, 5.74) is 1.15. The van der Waals surface area contributed by atoms with Gasteiger partial charge in [-0.05, 0) is 18.2 Å². The third-order valence-electron chi connectivity index (χ3n) is 3.77. The van der Waals surface area contributed by atoms with Gasteiger partial charge in [0, 0.05) is 17.0 Å². The molecule has 1 aromatic heterocycles. The topological polar surface area (TPSA) is 83.8 Å². The summed E-state index contributed by atoms with van der Waals surface area (Å²) in [6.07, 6.45) is 0. The molecule has 0 saturated carbocycles. The van der Waals surface area contributed by atoms with Crippen LogP contribution in [0.4, 0.5) is 10.8 Å². The van der Waals surface area contributed by atoms with E-state index in [1.165, 1.54) is 11.3 Å². The Kier molecular flexibility index (Phi) is 3.70. The number of fused-ring (bicyclic) bond motifs is 1. The lowest BCUT2D eigenvalue weighted by molar-refractivity contribution is -0.112. The highest BCUT2D eigenvalue weighted by Gasteiger charge is 2.24. The number of amides is 1. The van der Waals surface area contributed by atoms with Gasteiger partial charge >= 0.3 is 0 Å². The van der Waals surface area contributed by atoms with E-state index in [0.717, 1.165) is 5.69 Å². The molecule has 2 heterocycles. The summed E-state index contributed by atoms with van der Waals surface area (Å²) in [5, 5.41) is 15.1. The van der Waals surface area contributed by atoms with Gasteiger partial charge in [0.15, 0.2) is 5.13 Å². The first-order valence-electron chi connectivity index (χ1n) is 7.49. The number of benzene rings is 2. The van der Waals surface area contributed by atoms with Crippen molar-refractivity contribution in [3.05, 3.63) is 64.0 Å². The first-order chi connectivity index (χ1) is 12.2. The Balaban J connectivity index is 1.75. The van der Waals surface area contributed by atoms with Gasteiger partial charge in [0.1, 0.15) is 10.6 Å². The van der Waals surface area contributed by atoms with Gasteiger partial charge in [0.2, 0.25) is 5.88 Å². The number of aromatic nitrogens is 1. The van der Waals surface area contributed by atoms with Crippen LogP contribution in [0.1, 0.15) is 4.88 Å². The van der Waals surface area contributed by atoms with E-state index < -0.39 is 0 Å². The molecule has 2 aromatic carbocycles. The molecule has 0 spiro atoms. The van der Waals surface area contributed by atoms with E-state index in [-0.39, 0.29) is 11.8 Å². The standard InChI is InChI=1S/C18H13N3O3S/c1-24-11-6-4-5-10(9-11)19-18-21-17(23)15(25-18)14-12-7-2-3-8-13(12)20-16(14)22/h2-9,23H,1H3,(H,19,21). The molecule has 25 heavy (non-hydrogen) atoms. The van der Waals surface area contributed by atoms with Gasteiger partial charge in [0.05, 0.1) is 18.0 Å². The first kappa shape index (κ1) is 15.3. The second kappa shape index (κ2) is 6.03. The molecular formula is C18H13N3O3S. The molecule has 6 nitrogen and oxygen atoms in total. The minimum absolute atomic E-state index is 0.189. The van der Waals surface area contributed by atoms with Gasteiger partial charge in [-0.15, -0.1) is 0 Å². The number of ether oxygens (including phenoxy) is 1. The summed E-state index contributed by atoms with van der Waals surface area (Å²) in [5.74, 6) is 0.151. The fourth-order valence-electron chi connectivity index (χ4n) is 2.64. The molecule has 1 aliphatic heterocycles. The third-order valence-corrected chi connectivity index (χ3v) is 4.74. The second-order valence-electron chi connectivity index (χ2n) is 5.34. The molecule has 0 fully saturated rings. The number of carbonyl (C=O) groups is 1. The summed E-state index contributed by atoms with van der Waals surface area (Å²) < 4.78 is 5.19. The molecule has 3 aromatic rings. The zero-order chi connectivity index (χ0) is 17.4. The van der Waals surface area contributed by atoms with Crippen molar-refractivity contribution in [2.75, 3.05) is 12.4 Å². The average Bonchev–Trinajstić information content (AvgIpc) is 3.13. The number of thiazole rings is 1. The molecule has 0 atom stereocenters. The van der Waals surface area contributed by atoms with Crippen molar-refractivity contribution in [3.63, 3.8) is 0 Å². The van der Waals surface area contributed by atoms with E-state index in [1.54, 1.807) is 13.2 Å². The van der Waals surface area contributed by atoms with E-state index in [4.69, 9.17) is 4.74 Å². The minimum Gasteiger partial charge on any atom is -0.497 e. The molecule has 4 rings (SSSR count). The zero-order valence-corrected chi connectivity index (χ0v) is 14.0. The first-order valence-corrected chi connectivity index (χ1v) is 8.31. The van der Waals surface area contributed by atoms with Crippen molar-refractivity contribution in [3.8, 4) is 11.6 Å². The summed E-state index contributed by atoms with van der Waals surface area (Å²) in [6.45, 7) is 0. The Bertz CT molecular complexity index is 1100. The number of rotatable bonds is 4. The lowest BCUT2D eigenvalue weighted by atomic mass is 10.1. The Labute approximate surface area is 146 Å². The second-order valence-corrected chi connectivity index (χ2v) is 6.34. The van der Waals surface area contributed by atoms with Crippen LogP contribution in [0.5, 0.6) is 11.6 Å². The van der Waals surface area contributed by atoms with E-state index in [9.17, 15) is 9.90 Å². The largest absolute Gasteiger partial charge is 0.497 e. The van der Waals surface area contributed by atoms with Crippen LogP contribution in [-0.2, 0) is 4.79 Å². The predicted molar refractivity (Wildman–Crippen MR) is 94.8 cm³/mol. The lowest BCUT2D eigenvalue weighted by Gasteiger charge is -2.04. The number of aromatic hydroxyl groups is 1.